The highest BCUT2D eigenvalue weighted by molar-refractivity contribution is 7.17. The van der Waals surface area contributed by atoms with Crippen LogP contribution in [0.3, 0.4) is 0 Å². The number of hydrogen-bond acceptors (Lipinski definition) is 7. The fourth-order valence-electron chi connectivity index (χ4n) is 3.35. The number of hydrogen-bond donors (Lipinski definition) is 2. The Bertz CT molecular complexity index is 1120. The zero-order valence-electron chi connectivity index (χ0n) is 16.5. The number of para-hydroxylation sites is 1. The molecule has 0 aliphatic heterocycles. The van der Waals surface area contributed by atoms with Crippen LogP contribution >= 0.6 is 11.3 Å². The number of anilines is 1. The fraction of sp³-hybridized carbons (Fsp3) is 0.227. The van der Waals surface area contributed by atoms with Gasteiger partial charge in [0, 0.05) is 4.88 Å². The smallest absolute Gasteiger partial charge is 0.374 e. The van der Waals surface area contributed by atoms with Crippen LogP contribution in [0.1, 0.15) is 43.5 Å². The number of carbonyl (C=O) groups is 3. The number of thiophene rings is 1. The Morgan fingerprint density at radius 1 is 1.10 bits per heavy atom. The second-order valence-corrected chi connectivity index (χ2v) is 8.02. The number of nitrogens with one attached hydrogen (secondary N) is 1. The number of primary amides is 1. The molecule has 0 saturated heterocycles. The van der Waals surface area contributed by atoms with Gasteiger partial charge in [0.05, 0.1) is 5.56 Å². The largest absolute Gasteiger partial charge is 0.486 e. The molecule has 1 aliphatic rings. The normalized spacial score (nSPS) is 12.3. The van der Waals surface area contributed by atoms with Gasteiger partial charge in [0.25, 0.3) is 11.8 Å². The third kappa shape index (κ3) is 4.77. The summed E-state index contributed by atoms with van der Waals surface area (Å²) >= 11 is 1.34. The lowest BCUT2D eigenvalue weighted by Crippen LogP contribution is -2.22. The first kappa shape index (κ1) is 20.7. The van der Waals surface area contributed by atoms with Crippen molar-refractivity contribution < 1.29 is 28.3 Å². The molecule has 0 unspecified atom stereocenters. The molecule has 0 atom stereocenters. The maximum atomic E-state index is 12.2. The van der Waals surface area contributed by atoms with E-state index in [4.69, 9.17) is 19.6 Å². The predicted molar refractivity (Wildman–Crippen MR) is 113 cm³/mol. The SMILES string of the molecule is NC(=O)c1c(NC(=O)COC(=O)c2ccc(COc3ccccc3)o2)sc2c1CCC2. The second-order valence-electron chi connectivity index (χ2n) is 6.92. The number of esters is 1. The molecule has 1 aliphatic carbocycles. The number of benzene rings is 1. The van der Waals surface area contributed by atoms with Crippen LogP contribution in [0.25, 0.3) is 0 Å². The van der Waals surface area contributed by atoms with Crippen molar-refractivity contribution in [2.24, 2.45) is 5.73 Å². The number of aryl methyl sites for hydroxylation is 1. The number of carbonyl (C=O) groups excluding carboxylic acids is 3. The summed E-state index contributed by atoms with van der Waals surface area (Å²) < 4.78 is 16.0. The van der Waals surface area contributed by atoms with Gasteiger partial charge in [0.1, 0.15) is 23.1 Å². The van der Waals surface area contributed by atoms with Gasteiger partial charge in [0.2, 0.25) is 5.76 Å². The van der Waals surface area contributed by atoms with Gasteiger partial charge in [-0.2, -0.15) is 0 Å². The van der Waals surface area contributed by atoms with Crippen LogP contribution in [0, 0.1) is 0 Å². The number of fused-ring (bicyclic) bond motifs is 1. The van der Waals surface area contributed by atoms with Gasteiger partial charge in [-0.05, 0) is 49.1 Å². The lowest BCUT2D eigenvalue weighted by Gasteiger charge is -2.06. The molecule has 8 nitrogen and oxygen atoms in total. The van der Waals surface area contributed by atoms with Crippen LogP contribution < -0.4 is 15.8 Å². The quantitative estimate of drug-likeness (QED) is 0.519. The highest BCUT2D eigenvalue weighted by atomic mass is 32.1. The monoisotopic (exact) mass is 440 g/mol. The molecule has 0 saturated carbocycles. The molecule has 1 aromatic carbocycles. The minimum atomic E-state index is -0.773. The van der Waals surface area contributed by atoms with Gasteiger partial charge in [-0.1, -0.05) is 18.2 Å². The molecule has 2 aromatic heterocycles. The van der Waals surface area contributed by atoms with Gasteiger partial charge < -0.3 is 24.9 Å². The summed E-state index contributed by atoms with van der Waals surface area (Å²) in [4.78, 5) is 37.2. The zero-order valence-corrected chi connectivity index (χ0v) is 17.3. The van der Waals surface area contributed by atoms with Crippen molar-refractivity contribution in [1.29, 1.82) is 0 Å². The average molecular weight is 440 g/mol. The van der Waals surface area contributed by atoms with E-state index in [-0.39, 0.29) is 12.4 Å². The van der Waals surface area contributed by atoms with Crippen molar-refractivity contribution in [2.75, 3.05) is 11.9 Å². The summed E-state index contributed by atoms with van der Waals surface area (Å²) in [6.07, 6.45) is 2.60. The van der Waals surface area contributed by atoms with Crippen LogP contribution in [0.15, 0.2) is 46.9 Å². The van der Waals surface area contributed by atoms with E-state index in [1.54, 1.807) is 6.07 Å². The van der Waals surface area contributed by atoms with E-state index in [9.17, 15) is 14.4 Å². The van der Waals surface area contributed by atoms with Crippen molar-refractivity contribution in [3.63, 3.8) is 0 Å². The average Bonchev–Trinajstić information content (AvgIpc) is 3.47. The molecule has 0 bridgehead atoms. The summed E-state index contributed by atoms with van der Waals surface area (Å²) in [7, 11) is 0. The highest BCUT2D eigenvalue weighted by Gasteiger charge is 2.26. The lowest BCUT2D eigenvalue weighted by molar-refractivity contribution is -0.119. The third-order valence-corrected chi connectivity index (χ3v) is 5.95. The van der Waals surface area contributed by atoms with Gasteiger partial charge in [0.15, 0.2) is 6.61 Å². The standard InChI is InChI=1S/C22H20N2O6S/c23-20(26)19-15-7-4-8-17(15)31-21(19)24-18(25)12-29-22(27)16-10-9-14(30-16)11-28-13-5-2-1-3-6-13/h1-3,5-6,9-10H,4,7-8,11-12H2,(H2,23,26)(H,24,25). The Hall–Kier alpha value is -3.59. The summed E-state index contributed by atoms with van der Waals surface area (Å²) in [6, 6.07) is 12.3. The molecule has 3 N–H and O–H groups in total. The van der Waals surface area contributed by atoms with Crippen molar-refractivity contribution >= 4 is 34.1 Å². The van der Waals surface area contributed by atoms with Crippen LogP contribution in [0.2, 0.25) is 0 Å². The third-order valence-electron chi connectivity index (χ3n) is 4.74. The highest BCUT2D eigenvalue weighted by Crippen LogP contribution is 2.38. The van der Waals surface area contributed by atoms with E-state index < -0.39 is 24.4 Å². The first-order valence-corrected chi connectivity index (χ1v) is 10.5. The van der Waals surface area contributed by atoms with E-state index in [0.29, 0.717) is 22.1 Å². The number of ether oxygens (including phenoxy) is 2. The molecule has 3 aromatic rings. The Labute approximate surface area is 181 Å². The van der Waals surface area contributed by atoms with Crippen molar-refractivity contribution in [1.82, 2.24) is 0 Å². The lowest BCUT2D eigenvalue weighted by atomic mass is 10.1. The minimum absolute atomic E-state index is 0.0348. The first-order valence-electron chi connectivity index (χ1n) is 9.69. The fourth-order valence-corrected chi connectivity index (χ4v) is 4.67. The molecule has 4 rings (SSSR count). The topological polar surface area (TPSA) is 121 Å². The van der Waals surface area contributed by atoms with Gasteiger partial charge >= 0.3 is 5.97 Å². The van der Waals surface area contributed by atoms with Gasteiger partial charge in [-0.15, -0.1) is 11.3 Å². The summed E-state index contributed by atoms with van der Waals surface area (Å²) in [5.74, 6) is -0.825. The molecule has 9 heteroatoms. The van der Waals surface area contributed by atoms with E-state index in [2.05, 4.69) is 5.32 Å². The summed E-state index contributed by atoms with van der Waals surface area (Å²) in [6.45, 7) is -0.368. The molecule has 2 heterocycles. The molecule has 0 radical (unpaired) electrons. The number of rotatable bonds is 8. The molecule has 160 valence electrons. The van der Waals surface area contributed by atoms with Crippen molar-refractivity contribution in [3.8, 4) is 5.75 Å². The maximum absolute atomic E-state index is 12.2. The van der Waals surface area contributed by atoms with E-state index in [1.165, 1.54) is 17.4 Å². The van der Waals surface area contributed by atoms with E-state index in [0.717, 1.165) is 29.7 Å². The Morgan fingerprint density at radius 2 is 1.90 bits per heavy atom. The van der Waals surface area contributed by atoms with Gasteiger partial charge in [-0.25, -0.2) is 4.79 Å². The van der Waals surface area contributed by atoms with E-state index in [1.807, 2.05) is 30.3 Å². The predicted octanol–water partition coefficient (Wildman–Crippen LogP) is 3.30. The zero-order chi connectivity index (χ0) is 21.8. The Balaban J connectivity index is 1.30. The van der Waals surface area contributed by atoms with E-state index >= 15 is 0 Å². The maximum Gasteiger partial charge on any atom is 0.374 e. The number of nitrogens with two attached hydrogens (primary N) is 1. The second kappa shape index (κ2) is 9.05. The number of furan rings is 1. The van der Waals surface area contributed by atoms with Crippen LogP contribution in [0.5, 0.6) is 5.75 Å². The summed E-state index contributed by atoms with van der Waals surface area (Å²) in [5, 5.41) is 3.02. The molecular weight excluding hydrogens is 420 g/mol. The van der Waals surface area contributed by atoms with Crippen LogP contribution in [0.4, 0.5) is 5.00 Å². The molecule has 0 spiro atoms. The van der Waals surface area contributed by atoms with Crippen molar-refractivity contribution in [2.45, 2.75) is 25.9 Å². The van der Waals surface area contributed by atoms with Crippen LogP contribution in [-0.4, -0.2) is 24.4 Å². The number of amides is 2. The Kier molecular flexibility index (Phi) is 6.03. The van der Waals surface area contributed by atoms with Crippen molar-refractivity contribution in [3.05, 3.63) is 70.0 Å². The molecular formula is C22H20N2O6S. The molecule has 2 amide bonds. The molecule has 0 fully saturated rings. The summed E-state index contributed by atoms with van der Waals surface area (Å²) in [5.41, 5.74) is 6.74. The Morgan fingerprint density at radius 3 is 2.68 bits per heavy atom. The minimum Gasteiger partial charge on any atom is -0.486 e. The van der Waals surface area contributed by atoms with Crippen LogP contribution in [-0.2, 0) is 29.0 Å². The van der Waals surface area contributed by atoms with Gasteiger partial charge in [-0.3, -0.25) is 9.59 Å². The molecule has 31 heavy (non-hydrogen) atoms. The first-order chi connectivity index (χ1) is 15.0.